The molecule has 1 aliphatic carbocycles. The number of amides is 1. The minimum Gasteiger partial charge on any atom is -0.347 e. The van der Waals surface area contributed by atoms with Gasteiger partial charge in [0.05, 0.1) is 0 Å². The molecule has 1 fully saturated rings. The number of hydrogen-bond acceptors (Lipinski definition) is 4. The topological polar surface area (TPSA) is 72.7 Å². The van der Waals surface area contributed by atoms with Crippen molar-refractivity contribution < 1.29 is 15.0 Å². The van der Waals surface area contributed by atoms with Crippen LogP contribution < -0.4 is 5.32 Å². The summed E-state index contributed by atoms with van der Waals surface area (Å²) in [6.45, 7) is 0. The Morgan fingerprint density at radius 2 is 1.96 bits per heavy atom. The number of nitrogens with zero attached hydrogens (tertiary/aromatic N) is 4. The molecule has 6 nitrogen and oxygen atoms in total. The van der Waals surface area contributed by atoms with Crippen LogP contribution in [-0.4, -0.2) is 31.5 Å². The smallest absolute Gasteiger partial charge is 0.289 e. The van der Waals surface area contributed by atoms with Crippen molar-refractivity contribution in [2.75, 3.05) is 0 Å². The fraction of sp³-hybridized carbons (Fsp3) is 0.222. The van der Waals surface area contributed by atoms with Crippen molar-refractivity contribution in [1.29, 1.82) is 0 Å². The normalized spacial score (nSPS) is 13.3. The van der Waals surface area contributed by atoms with Crippen molar-refractivity contribution in [2.24, 2.45) is 0 Å². The molecular formula is C18H19F2N5O. The van der Waals surface area contributed by atoms with Crippen LogP contribution in [0.15, 0.2) is 55.2 Å². The summed E-state index contributed by atoms with van der Waals surface area (Å²) >= 11 is 0. The molecule has 0 bridgehead atoms. The molecule has 0 saturated heterocycles. The molecule has 1 aliphatic rings. The van der Waals surface area contributed by atoms with E-state index in [0.717, 1.165) is 18.9 Å². The summed E-state index contributed by atoms with van der Waals surface area (Å²) in [6.07, 6.45) is 9.93. The van der Waals surface area contributed by atoms with Gasteiger partial charge in [0.1, 0.15) is 23.8 Å². The predicted molar refractivity (Wildman–Crippen MR) is 92.7 cm³/mol. The number of imidazole rings is 1. The van der Waals surface area contributed by atoms with Gasteiger partial charge in [0.15, 0.2) is 0 Å². The van der Waals surface area contributed by atoms with Gasteiger partial charge in [-0.3, -0.25) is 9.36 Å². The molecular weight excluding hydrogens is 340 g/mol. The summed E-state index contributed by atoms with van der Waals surface area (Å²) in [5, 5.41) is 2.92. The number of hydrogen-bond donors (Lipinski definition) is 1. The van der Waals surface area contributed by atoms with E-state index in [-0.39, 0.29) is 19.2 Å². The van der Waals surface area contributed by atoms with Crippen LogP contribution in [0.1, 0.15) is 31.3 Å². The van der Waals surface area contributed by atoms with E-state index >= 15 is 0 Å². The van der Waals surface area contributed by atoms with Crippen molar-refractivity contribution in [3.8, 4) is 5.82 Å². The molecule has 4 rings (SSSR count). The van der Waals surface area contributed by atoms with E-state index in [2.05, 4.69) is 20.3 Å². The summed E-state index contributed by atoms with van der Waals surface area (Å²) in [7, 11) is 0. The molecule has 0 radical (unpaired) electrons. The Hall–Kier alpha value is -3.16. The zero-order valence-corrected chi connectivity index (χ0v) is 13.8. The second-order valence-corrected chi connectivity index (χ2v) is 5.75. The zero-order chi connectivity index (χ0) is 18.4. The van der Waals surface area contributed by atoms with Gasteiger partial charge in [-0.15, -0.1) is 0 Å². The lowest BCUT2D eigenvalue weighted by Gasteiger charge is -2.25. The number of rotatable bonds is 3. The summed E-state index contributed by atoms with van der Waals surface area (Å²) in [6, 6.07) is 6.58. The maximum atomic E-state index is 11.9. The van der Waals surface area contributed by atoms with E-state index in [1.165, 1.54) is 24.6 Å². The largest absolute Gasteiger partial charge is 0.347 e. The van der Waals surface area contributed by atoms with Crippen LogP contribution in [0.5, 0.6) is 0 Å². The maximum absolute atomic E-state index is 11.9. The van der Waals surface area contributed by atoms with E-state index in [1.807, 2.05) is 0 Å². The fourth-order valence-electron chi connectivity index (χ4n) is 2.26. The fourth-order valence-corrected chi connectivity index (χ4v) is 2.26. The minimum absolute atomic E-state index is 0. The first-order valence-electron chi connectivity index (χ1n) is 8.15. The highest BCUT2D eigenvalue weighted by molar-refractivity contribution is 5.90. The van der Waals surface area contributed by atoms with Crippen LogP contribution >= 0.6 is 0 Å². The molecule has 1 aromatic carbocycles. The van der Waals surface area contributed by atoms with Gasteiger partial charge >= 0.3 is 0 Å². The van der Waals surface area contributed by atoms with E-state index in [0.29, 0.717) is 5.82 Å². The molecule has 0 unspecified atom stereocenters. The first-order chi connectivity index (χ1) is 12.6. The van der Waals surface area contributed by atoms with Gasteiger partial charge < -0.3 is 5.32 Å². The third kappa shape index (κ3) is 4.69. The second kappa shape index (κ2) is 8.28. The van der Waals surface area contributed by atoms with Crippen LogP contribution in [0.2, 0.25) is 0 Å². The molecule has 2 aromatic heterocycles. The first-order valence-corrected chi connectivity index (χ1v) is 8.15. The van der Waals surface area contributed by atoms with Crippen molar-refractivity contribution in [3.05, 3.63) is 72.7 Å². The minimum atomic E-state index is -0.537. The molecule has 0 aliphatic heterocycles. The van der Waals surface area contributed by atoms with E-state index < -0.39 is 11.6 Å². The molecule has 26 heavy (non-hydrogen) atoms. The monoisotopic (exact) mass is 359 g/mol. The molecule has 1 saturated carbocycles. The third-order valence-corrected chi connectivity index (χ3v) is 3.84. The Kier molecular flexibility index (Phi) is 5.62. The summed E-state index contributed by atoms with van der Waals surface area (Å²) in [5.41, 5.74) is 0. The van der Waals surface area contributed by atoms with Crippen LogP contribution in [0.25, 0.3) is 5.82 Å². The highest BCUT2D eigenvalue weighted by Crippen LogP contribution is 2.18. The number of benzene rings is 1. The standard InChI is InChI=1S/C12H13N5O.C6H4F2.H2/c18-12(15-9-2-1-3-9)11-14-5-4-10(16-11)17-7-6-13-8-17;7-5-2-1-3-6(8)4-5;/h4-9H,1-3H2,(H,15,18);1-4H;1H. The number of carbonyl (C=O) groups excluding carboxylic acids is 1. The van der Waals surface area contributed by atoms with Gasteiger partial charge in [-0.1, -0.05) is 6.07 Å². The molecule has 1 N–H and O–H groups in total. The predicted octanol–water partition coefficient (Wildman–Crippen LogP) is 3.16. The molecule has 0 atom stereocenters. The highest BCUT2D eigenvalue weighted by atomic mass is 19.1. The van der Waals surface area contributed by atoms with E-state index in [9.17, 15) is 13.6 Å². The molecule has 136 valence electrons. The summed E-state index contributed by atoms with van der Waals surface area (Å²) < 4.78 is 25.6. The second-order valence-electron chi connectivity index (χ2n) is 5.75. The molecule has 1 amide bonds. The van der Waals surface area contributed by atoms with Gasteiger partial charge in [0.2, 0.25) is 5.82 Å². The third-order valence-electron chi connectivity index (χ3n) is 3.84. The van der Waals surface area contributed by atoms with E-state index in [1.54, 1.807) is 35.6 Å². The maximum Gasteiger partial charge on any atom is 0.289 e. The van der Waals surface area contributed by atoms with Gasteiger partial charge in [-0.25, -0.2) is 23.7 Å². The van der Waals surface area contributed by atoms with Gasteiger partial charge in [-0.05, 0) is 37.5 Å². The Balaban J connectivity index is 0.000000247. The van der Waals surface area contributed by atoms with E-state index in [4.69, 9.17) is 0 Å². The van der Waals surface area contributed by atoms with Gasteiger partial charge in [-0.2, -0.15) is 0 Å². The SMILES string of the molecule is Fc1cccc(F)c1.O=C(NC1CCC1)c1nccc(-n2ccnc2)n1.[HH]. The van der Waals surface area contributed by atoms with Crippen LogP contribution in [0, 0.1) is 11.6 Å². The molecule has 8 heteroatoms. The van der Waals surface area contributed by atoms with Crippen molar-refractivity contribution >= 4 is 5.91 Å². The molecule has 0 spiro atoms. The number of aromatic nitrogens is 4. The van der Waals surface area contributed by atoms with Crippen LogP contribution in [0.3, 0.4) is 0 Å². The average Bonchev–Trinajstić information content (AvgIpc) is 3.13. The zero-order valence-electron chi connectivity index (χ0n) is 13.8. The number of halogens is 2. The summed E-state index contributed by atoms with van der Waals surface area (Å²) in [4.78, 5) is 24.1. The molecule has 3 aromatic rings. The Labute approximate surface area is 150 Å². The first kappa shape index (κ1) is 17.7. The van der Waals surface area contributed by atoms with Crippen molar-refractivity contribution in [2.45, 2.75) is 25.3 Å². The van der Waals surface area contributed by atoms with Gasteiger partial charge in [0, 0.05) is 32.1 Å². The Bertz CT molecular complexity index is 854. The average molecular weight is 359 g/mol. The van der Waals surface area contributed by atoms with Crippen molar-refractivity contribution in [1.82, 2.24) is 24.8 Å². The summed E-state index contributed by atoms with van der Waals surface area (Å²) in [5.74, 6) is -0.439. The highest BCUT2D eigenvalue weighted by Gasteiger charge is 2.21. The Morgan fingerprint density at radius 3 is 2.50 bits per heavy atom. The van der Waals surface area contributed by atoms with Crippen LogP contribution in [0.4, 0.5) is 8.78 Å². The lowest BCUT2D eigenvalue weighted by atomic mass is 9.93. The lowest BCUT2D eigenvalue weighted by molar-refractivity contribution is 0.0906. The van der Waals surface area contributed by atoms with Crippen molar-refractivity contribution in [3.63, 3.8) is 0 Å². The van der Waals surface area contributed by atoms with Crippen LogP contribution in [-0.2, 0) is 0 Å². The quantitative estimate of drug-likeness (QED) is 0.780. The Morgan fingerprint density at radius 1 is 1.19 bits per heavy atom. The number of nitrogens with one attached hydrogen (secondary N) is 1. The van der Waals surface area contributed by atoms with Gasteiger partial charge in [0.25, 0.3) is 5.91 Å². The number of carbonyl (C=O) groups is 1. The lowest BCUT2D eigenvalue weighted by Crippen LogP contribution is -2.40. The molecule has 2 heterocycles.